The first-order valence-electron chi connectivity index (χ1n) is 4.79. The minimum atomic E-state index is 0.0652. The van der Waals surface area contributed by atoms with Crippen LogP contribution in [0.2, 0.25) is 0 Å². The van der Waals surface area contributed by atoms with E-state index < -0.39 is 0 Å². The predicted octanol–water partition coefficient (Wildman–Crippen LogP) is 1.66. The number of nitrogens with two attached hydrogens (primary N) is 1. The van der Waals surface area contributed by atoms with Crippen molar-refractivity contribution in [3.8, 4) is 6.07 Å². The van der Waals surface area contributed by atoms with Gasteiger partial charge in [-0.1, -0.05) is 0 Å². The van der Waals surface area contributed by atoms with Crippen molar-refractivity contribution in [1.82, 2.24) is 0 Å². The Labute approximate surface area is 73.7 Å². The van der Waals surface area contributed by atoms with Crippen molar-refractivity contribution in [2.24, 2.45) is 23.5 Å². The SMILES string of the molecule is C[C@@]1(N)C[C@H]2C[C@H](C#N)C[C@H]2C1. The first-order valence-corrected chi connectivity index (χ1v) is 4.79. The number of hydrogen-bond donors (Lipinski definition) is 1. The third kappa shape index (κ3) is 1.23. The molecule has 4 atom stereocenters. The molecule has 0 amide bonds. The molecule has 0 aromatic carbocycles. The number of nitriles is 1. The van der Waals surface area contributed by atoms with Gasteiger partial charge in [-0.15, -0.1) is 0 Å². The van der Waals surface area contributed by atoms with Gasteiger partial charge in [-0.2, -0.15) is 5.26 Å². The predicted molar refractivity (Wildman–Crippen MR) is 47.1 cm³/mol. The molecule has 2 nitrogen and oxygen atoms in total. The lowest BCUT2D eigenvalue weighted by atomic mass is 9.95. The summed E-state index contributed by atoms with van der Waals surface area (Å²) >= 11 is 0. The summed E-state index contributed by atoms with van der Waals surface area (Å²) in [6.45, 7) is 2.15. The fraction of sp³-hybridized carbons (Fsp3) is 0.900. The van der Waals surface area contributed by atoms with Crippen LogP contribution in [0.3, 0.4) is 0 Å². The molecular formula is C10H16N2. The van der Waals surface area contributed by atoms with Crippen molar-refractivity contribution in [3.05, 3.63) is 0 Å². The molecule has 0 saturated heterocycles. The third-order valence-corrected chi connectivity index (χ3v) is 3.48. The summed E-state index contributed by atoms with van der Waals surface area (Å²) in [5.41, 5.74) is 6.14. The zero-order chi connectivity index (χ0) is 8.77. The molecule has 0 aliphatic heterocycles. The Hall–Kier alpha value is -0.550. The van der Waals surface area contributed by atoms with Gasteiger partial charge in [-0.3, -0.25) is 0 Å². The van der Waals surface area contributed by atoms with E-state index in [9.17, 15) is 0 Å². The maximum atomic E-state index is 8.77. The van der Waals surface area contributed by atoms with Crippen LogP contribution in [0.15, 0.2) is 0 Å². The molecule has 0 spiro atoms. The second-order valence-corrected chi connectivity index (χ2v) is 4.88. The van der Waals surface area contributed by atoms with Crippen molar-refractivity contribution in [3.63, 3.8) is 0 Å². The van der Waals surface area contributed by atoms with Gasteiger partial charge in [-0.05, 0) is 44.4 Å². The molecule has 0 radical (unpaired) electrons. The van der Waals surface area contributed by atoms with E-state index in [0.29, 0.717) is 5.92 Å². The molecule has 0 aromatic rings. The van der Waals surface area contributed by atoms with Crippen LogP contribution < -0.4 is 5.73 Å². The molecule has 0 bridgehead atoms. The zero-order valence-corrected chi connectivity index (χ0v) is 7.59. The fourth-order valence-corrected chi connectivity index (χ4v) is 3.10. The summed E-state index contributed by atoms with van der Waals surface area (Å²) in [6, 6.07) is 2.38. The lowest BCUT2D eigenvalue weighted by Gasteiger charge is -2.18. The zero-order valence-electron chi connectivity index (χ0n) is 7.59. The van der Waals surface area contributed by atoms with E-state index in [4.69, 9.17) is 11.0 Å². The lowest BCUT2D eigenvalue weighted by Crippen LogP contribution is -2.33. The van der Waals surface area contributed by atoms with Gasteiger partial charge in [0, 0.05) is 11.5 Å². The standard InChI is InChI=1S/C10H16N2/c1-10(12)4-8-2-7(6-11)3-9(8)5-10/h7-9H,2-5,12H2,1H3/t7-,8+,9-,10+. The van der Waals surface area contributed by atoms with Crippen LogP contribution in [0, 0.1) is 29.1 Å². The molecule has 0 unspecified atom stereocenters. The van der Waals surface area contributed by atoms with Gasteiger partial charge in [0.1, 0.15) is 0 Å². The topological polar surface area (TPSA) is 49.8 Å². The average Bonchev–Trinajstić information content (AvgIpc) is 2.40. The second-order valence-electron chi connectivity index (χ2n) is 4.88. The van der Waals surface area contributed by atoms with Gasteiger partial charge >= 0.3 is 0 Å². The maximum Gasteiger partial charge on any atom is 0.0655 e. The quantitative estimate of drug-likeness (QED) is 0.592. The number of fused-ring (bicyclic) bond motifs is 1. The highest BCUT2D eigenvalue weighted by Crippen LogP contribution is 2.49. The lowest BCUT2D eigenvalue weighted by molar-refractivity contribution is 0.423. The largest absolute Gasteiger partial charge is 0.325 e. The van der Waals surface area contributed by atoms with Crippen molar-refractivity contribution >= 4 is 0 Å². The molecule has 12 heavy (non-hydrogen) atoms. The molecule has 2 heteroatoms. The van der Waals surface area contributed by atoms with Gasteiger partial charge in [0.25, 0.3) is 0 Å². The summed E-state index contributed by atoms with van der Waals surface area (Å²) in [6.07, 6.45) is 4.48. The normalized spacial score (nSPS) is 51.9. The van der Waals surface area contributed by atoms with Crippen LogP contribution in [0.5, 0.6) is 0 Å². The van der Waals surface area contributed by atoms with Crippen LogP contribution >= 0.6 is 0 Å². The van der Waals surface area contributed by atoms with Crippen molar-refractivity contribution < 1.29 is 0 Å². The molecule has 2 N–H and O–H groups in total. The first kappa shape index (κ1) is 8.07. The summed E-state index contributed by atoms with van der Waals surface area (Å²) in [5.74, 6) is 1.84. The molecule has 2 rings (SSSR count). The van der Waals surface area contributed by atoms with E-state index in [1.165, 1.54) is 0 Å². The van der Waals surface area contributed by atoms with Gasteiger partial charge < -0.3 is 5.73 Å². The van der Waals surface area contributed by atoms with E-state index in [2.05, 4.69) is 13.0 Å². The smallest absolute Gasteiger partial charge is 0.0655 e. The Balaban J connectivity index is 2.03. The highest BCUT2D eigenvalue weighted by molar-refractivity contribution is 5.03. The van der Waals surface area contributed by atoms with Crippen LogP contribution in [-0.2, 0) is 0 Å². The van der Waals surface area contributed by atoms with Crippen molar-refractivity contribution in [1.29, 1.82) is 5.26 Å². The molecular weight excluding hydrogens is 148 g/mol. The van der Waals surface area contributed by atoms with Gasteiger partial charge in [-0.25, -0.2) is 0 Å². The summed E-state index contributed by atoms with van der Waals surface area (Å²) < 4.78 is 0. The maximum absolute atomic E-state index is 8.77. The van der Waals surface area contributed by atoms with Crippen molar-refractivity contribution in [2.75, 3.05) is 0 Å². The van der Waals surface area contributed by atoms with Crippen LogP contribution in [0.4, 0.5) is 0 Å². The van der Waals surface area contributed by atoms with E-state index >= 15 is 0 Å². The molecule has 0 heterocycles. The van der Waals surface area contributed by atoms with E-state index in [1.807, 2.05) is 0 Å². The molecule has 66 valence electrons. The van der Waals surface area contributed by atoms with Crippen molar-refractivity contribution in [2.45, 2.75) is 38.1 Å². The Morgan fingerprint density at radius 3 is 2.25 bits per heavy atom. The molecule has 2 fully saturated rings. The minimum Gasteiger partial charge on any atom is -0.325 e. The number of nitrogens with zero attached hydrogens (tertiary/aromatic N) is 1. The summed E-state index contributed by atoms with van der Waals surface area (Å²) in [4.78, 5) is 0. The molecule has 2 aliphatic carbocycles. The fourth-order valence-electron chi connectivity index (χ4n) is 3.10. The van der Waals surface area contributed by atoms with Crippen LogP contribution in [-0.4, -0.2) is 5.54 Å². The molecule has 2 aliphatic rings. The Bertz CT molecular complexity index is 210. The minimum absolute atomic E-state index is 0.0652. The van der Waals surface area contributed by atoms with Crippen LogP contribution in [0.1, 0.15) is 32.6 Å². The monoisotopic (exact) mass is 164 g/mol. The van der Waals surface area contributed by atoms with Gasteiger partial charge in [0.2, 0.25) is 0 Å². The Kier molecular flexibility index (Phi) is 1.66. The van der Waals surface area contributed by atoms with Crippen LogP contribution in [0.25, 0.3) is 0 Å². The molecule has 2 saturated carbocycles. The number of rotatable bonds is 0. The average molecular weight is 164 g/mol. The van der Waals surface area contributed by atoms with Gasteiger partial charge in [0.15, 0.2) is 0 Å². The first-order chi connectivity index (χ1) is 5.61. The number of hydrogen-bond acceptors (Lipinski definition) is 2. The molecule has 0 aromatic heterocycles. The van der Waals surface area contributed by atoms with Gasteiger partial charge in [0.05, 0.1) is 6.07 Å². The second kappa shape index (κ2) is 2.47. The van der Waals surface area contributed by atoms with E-state index in [1.54, 1.807) is 0 Å². The summed E-state index contributed by atoms with van der Waals surface area (Å²) in [5, 5.41) is 8.77. The van der Waals surface area contributed by atoms with E-state index in [-0.39, 0.29) is 5.54 Å². The highest BCUT2D eigenvalue weighted by atomic mass is 14.8. The summed E-state index contributed by atoms with van der Waals surface area (Å²) in [7, 11) is 0. The third-order valence-electron chi connectivity index (χ3n) is 3.48. The highest BCUT2D eigenvalue weighted by Gasteiger charge is 2.45. The Morgan fingerprint density at radius 2 is 1.83 bits per heavy atom. The van der Waals surface area contributed by atoms with E-state index in [0.717, 1.165) is 37.5 Å². The Morgan fingerprint density at radius 1 is 1.33 bits per heavy atom.